The van der Waals surface area contributed by atoms with Gasteiger partial charge in [0, 0.05) is 25.0 Å². The third kappa shape index (κ3) is 3.25. The maximum Gasteiger partial charge on any atom is 0.255 e. The number of aromatic hydroxyl groups is 1. The average Bonchev–Trinajstić information content (AvgIpc) is 2.91. The number of hydrogen-bond acceptors (Lipinski definition) is 4. The standard InChI is InChI=1S/C13H15N3O3/c1-19-10-3-4-11(12(17)9-10)13(18)14-6-8-16-7-2-5-15-16/h2-5,7,9,17H,6,8H2,1H3,(H,14,18). The molecule has 0 fully saturated rings. The molecule has 0 aliphatic heterocycles. The fourth-order valence-electron chi connectivity index (χ4n) is 1.64. The van der Waals surface area contributed by atoms with Crippen LogP contribution in [-0.4, -0.2) is 34.4 Å². The van der Waals surface area contributed by atoms with Gasteiger partial charge in [-0.1, -0.05) is 0 Å². The maximum absolute atomic E-state index is 11.9. The maximum atomic E-state index is 11.9. The number of rotatable bonds is 5. The topological polar surface area (TPSA) is 76.4 Å². The van der Waals surface area contributed by atoms with E-state index in [0.29, 0.717) is 18.8 Å². The molecule has 1 aromatic carbocycles. The van der Waals surface area contributed by atoms with Gasteiger partial charge in [-0.05, 0) is 18.2 Å². The average molecular weight is 261 g/mol. The number of methoxy groups -OCH3 is 1. The summed E-state index contributed by atoms with van der Waals surface area (Å²) in [7, 11) is 1.50. The van der Waals surface area contributed by atoms with Crippen LogP contribution in [0.25, 0.3) is 0 Å². The quantitative estimate of drug-likeness (QED) is 0.842. The van der Waals surface area contributed by atoms with Crippen molar-refractivity contribution in [2.45, 2.75) is 6.54 Å². The molecule has 0 radical (unpaired) electrons. The van der Waals surface area contributed by atoms with Gasteiger partial charge in [0.2, 0.25) is 0 Å². The Morgan fingerprint density at radius 2 is 2.37 bits per heavy atom. The van der Waals surface area contributed by atoms with Crippen molar-refractivity contribution < 1.29 is 14.6 Å². The number of nitrogens with one attached hydrogen (secondary N) is 1. The van der Waals surface area contributed by atoms with E-state index in [-0.39, 0.29) is 17.2 Å². The van der Waals surface area contributed by atoms with Crippen LogP contribution in [0.2, 0.25) is 0 Å². The largest absolute Gasteiger partial charge is 0.507 e. The van der Waals surface area contributed by atoms with Crippen LogP contribution in [0.3, 0.4) is 0 Å². The minimum atomic E-state index is -0.327. The summed E-state index contributed by atoms with van der Waals surface area (Å²) in [5.74, 6) is 0.0776. The lowest BCUT2D eigenvalue weighted by Gasteiger charge is -2.08. The van der Waals surface area contributed by atoms with Gasteiger partial charge in [-0.3, -0.25) is 9.48 Å². The summed E-state index contributed by atoms with van der Waals surface area (Å²) >= 11 is 0. The van der Waals surface area contributed by atoms with E-state index in [0.717, 1.165) is 0 Å². The number of carbonyl (C=O) groups excluding carboxylic acids is 1. The predicted molar refractivity (Wildman–Crippen MR) is 69.2 cm³/mol. The molecule has 6 heteroatoms. The summed E-state index contributed by atoms with van der Waals surface area (Å²) in [6.07, 6.45) is 3.49. The number of hydrogen-bond donors (Lipinski definition) is 2. The fraction of sp³-hybridized carbons (Fsp3) is 0.231. The van der Waals surface area contributed by atoms with Crippen LogP contribution in [0.1, 0.15) is 10.4 Å². The molecule has 0 aliphatic rings. The van der Waals surface area contributed by atoms with E-state index in [9.17, 15) is 9.90 Å². The van der Waals surface area contributed by atoms with E-state index in [4.69, 9.17) is 4.74 Å². The Morgan fingerprint density at radius 1 is 1.53 bits per heavy atom. The lowest BCUT2D eigenvalue weighted by Crippen LogP contribution is -2.27. The van der Waals surface area contributed by atoms with Crippen LogP contribution in [0, 0.1) is 0 Å². The van der Waals surface area contributed by atoms with Crippen molar-refractivity contribution in [2.75, 3.05) is 13.7 Å². The molecule has 0 saturated heterocycles. The zero-order valence-electron chi connectivity index (χ0n) is 10.5. The van der Waals surface area contributed by atoms with Crippen LogP contribution >= 0.6 is 0 Å². The Labute approximate surface area is 110 Å². The molecule has 0 aliphatic carbocycles. The monoisotopic (exact) mass is 261 g/mol. The van der Waals surface area contributed by atoms with Gasteiger partial charge in [0.05, 0.1) is 19.2 Å². The van der Waals surface area contributed by atoms with Gasteiger partial charge < -0.3 is 15.2 Å². The highest BCUT2D eigenvalue weighted by atomic mass is 16.5. The summed E-state index contributed by atoms with van der Waals surface area (Å²) in [6, 6.07) is 6.37. The number of ether oxygens (including phenoxy) is 1. The Kier molecular flexibility index (Phi) is 4.02. The molecule has 6 nitrogen and oxygen atoms in total. The van der Waals surface area contributed by atoms with Crippen molar-refractivity contribution in [3.05, 3.63) is 42.2 Å². The van der Waals surface area contributed by atoms with Crippen molar-refractivity contribution in [1.82, 2.24) is 15.1 Å². The Bertz CT molecular complexity index is 552. The van der Waals surface area contributed by atoms with Crippen molar-refractivity contribution in [3.8, 4) is 11.5 Å². The Balaban J connectivity index is 1.92. The number of benzene rings is 1. The van der Waals surface area contributed by atoms with Gasteiger partial charge in [0.25, 0.3) is 5.91 Å². The minimum absolute atomic E-state index is 0.101. The minimum Gasteiger partial charge on any atom is -0.507 e. The van der Waals surface area contributed by atoms with E-state index in [1.54, 1.807) is 16.9 Å². The van der Waals surface area contributed by atoms with Crippen LogP contribution in [0.15, 0.2) is 36.7 Å². The lowest BCUT2D eigenvalue weighted by molar-refractivity contribution is 0.0949. The van der Waals surface area contributed by atoms with E-state index in [1.165, 1.54) is 19.2 Å². The molecule has 1 heterocycles. The summed E-state index contributed by atoms with van der Waals surface area (Å²) in [6.45, 7) is 1.02. The molecule has 0 saturated carbocycles. The van der Waals surface area contributed by atoms with E-state index < -0.39 is 0 Å². The Morgan fingerprint density at radius 3 is 3.00 bits per heavy atom. The molecule has 2 N–H and O–H groups in total. The second-order valence-corrected chi connectivity index (χ2v) is 3.91. The van der Waals surface area contributed by atoms with Gasteiger partial charge in [-0.2, -0.15) is 5.10 Å². The van der Waals surface area contributed by atoms with Gasteiger partial charge in [0.1, 0.15) is 11.5 Å². The SMILES string of the molecule is COc1ccc(C(=O)NCCn2cccn2)c(O)c1. The van der Waals surface area contributed by atoms with E-state index in [2.05, 4.69) is 10.4 Å². The molecule has 0 spiro atoms. The number of phenols is 1. The molecular formula is C13H15N3O3. The first-order valence-corrected chi connectivity index (χ1v) is 5.83. The number of amides is 1. The van der Waals surface area contributed by atoms with Gasteiger partial charge in [-0.25, -0.2) is 0 Å². The summed E-state index contributed by atoms with van der Waals surface area (Å²) in [5.41, 5.74) is 0.223. The summed E-state index contributed by atoms with van der Waals surface area (Å²) < 4.78 is 6.67. The highest BCUT2D eigenvalue weighted by molar-refractivity contribution is 5.96. The second-order valence-electron chi connectivity index (χ2n) is 3.91. The summed E-state index contributed by atoms with van der Waals surface area (Å²) in [5, 5.41) is 16.5. The molecule has 2 aromatic rings. The van der Waals surface area contributed by atoms with Crippen molar-refractivity contribution in [1.29, 1.82) is 0 Å². The van der Waals surface area contributed by atoms with Gasteiger partial charge in [0.15, 0.2) is 0 Å². The first-order valence-electron chi connectivity index (χ1n) is 5.83. The molecular weight excluding hydrogens is 246 g/mol. The van der Waals surface area contributed by atoms with Crippen LogP contribution in [0.5, 0.6) is 11.5 Å². The van der Waals surface area contributed by atoms with Crippen LogP contribution in [-0.2, 0) is 6.54 Å². The number of phenolic OH excluding ortho intramolecular Hbond substituents is 1. The number of carbonyl (C=O) groups is 1. The van der Waals surface area contributed by atoms with E-state index >= 15 is 0 Å². The smallest absolute Gasteiger partial charge is 0.255 e. The van der Waals surface area contributed by atoms with Crippen molar-refractivity contribution in [2.24, 2.45) is 0 Å². The second kappa shape index (κ2) is 5.90. The molecule has 2 rings (SSSR count). The molecule has 1 aromatic heterocycles. The lowest BCUT2D eigenvalue weighted by atomic mass is 10.2. The Hall–Kier alpha value is -2.50. The molecule has 1 amide bonds. The number of aromatic nitrogens is 2. The van der Waals surface area contributed by atoms with Crippen molar-refractivity contribution >= 4 is 5.91 Å². The highest BCUT2D eigenvalue weighted by Crippen LogP contribution is 2.22. The zero-order chi connectivity index (χ0) is 13.7. The molecule has 0 atom stereocenters. The highest BCUT2D eigenvalue weighted by Gasteiger charge is 2.11. The predicted octanol–water partition coefficient (Wildman–Crippen LogP) is 1.03. The first kappa shape index (κ1) is 12.9. The molecule has 0 bridgehead atoms. The first-order chi connectivity index (χ1) is 9.20. The number of nitrogens with zero attached hydrogens (tertiary/aromatic N) is 2. The van der Waals surface area contributed by atoms with Crippen molar-refractivity contribution in [3.63, 3.8) is 0 Å². The third-order valence-electron chi connectivity index (χ3n) is 2.64. The van der Waals surface area contributed by atoms with Crippen LogP contribution in [0.4, 0.5) is 0 Å². The van der Waals surface area contributed by atoms with Gasteiger partial charge >= 0.3 is 0 Å². The molecule has 0 unspecified atom stereocenters. The normalized spacial score (nSPS) is 10.2. The zero-order valence-corrected chi connectivity index (χ0v) is 10.5. The van der Waals surface area contributed by atoms with Crippen LogP contribution < -0.4 is 10.1 Å². The van der Waals surface area contributed by atoms with Gasteiger partial charge in [-0.15, -0.1) is 0 Å². The molecule has 19 heavy (non-hydrogen) atoms. The third-order valence-corrected chi connectivity index (χ3v) is 2.64. The fourth-order valence-corrected chi connectivity index (χ4v) is 1.64. The molecule has 100 valence electrons. The summed E-state index contributed by atoms with van der Waals surface area (Å²) in [4.78, 5) is 11.9. The van der Waals surface area contributed by atoms with E-state index in [1.807, 2.05) is 12.3 Å².